The molecule has 0 radical (unpaired) electrons. The molecular formula is C13H20ClFN2O2. The van der Waals surface area contributed by atoms with Crippen LogP contribution < -0.4 is 5.32 Å². The second-order valence-corrected chi connectivity index (χ2v) is 4.52. The molecule has 0 amide bonds. The Labute approximate surface area is 118 Å². The third-order valence-corrected chi connectivity index (χ3v) is 3.35. The summed E-state index contributed by atoms with van der Waals surface area (Å²) in [5.41, 5.74) is 0.606. The lowest BCUT2D eigenvalue weighted by molar-refractivity contribution is 0.155. The van der Waals surface area contributed by atoms with Crippen LogP contribution in [0.2, 0.25) is 0 Å². The van der Waals surface area contributed by atoms with Crippen LogP contribution in [-0.2, 0) is 0 Å². The van der Waals surface area contributed by atoms with Gasteiger partial charge in [-0.05, 0) is 24.6 Å². The number of aromatic hydroxyl groups is 2. The molecule has 19 heavy (non-hydrogen) atoms. The lowest BCUT2D eigenvalue weighted by atomic mass is 10.00. The number of rotatable bonds is 4. The minimum absolute atomic E-state index is 0. The molecule has 0 saturated carbocycles. The van der Waals surface area contributed by atoms with Crippen LogP contribution in [0, 0.1) is 0 Å². The molecule has 108 valence electrons. The maximum atomic E-state index is 12.7. The molecule has 2 rings (SSSR count). The zero-order valence-electron chi connectivity index (χ0n) is 10.7. The molecule has 0 bridgehead atoms. The third-order valence-electron chi connectivity index (χ3n) is 3.35. The van der Waals surface area contributed by atoms with Crippen molar-refractivity contribution in [1.82, 2.24) is 10.2 Å². The van der Waals surface area contributed by atoms with Gasteiger partial charge in [0.05, 0.1) is 6.67 Å². The average Bonchev–Trinajstić information content (AvgIpc) is 2.40. The van der Waals surface area contributed by atoms with Crippen molar-refractivity contribution in [3.8, 4) is 11.5 Å². The number of phenols is 2. The minimum Gasteiger partial charge on any atom is -0.508 e. The van der Waals surface area contributed by atoms with Gasteiger partial charge in [-0.25, -0.2) is 0 Å². The van der Waals surface area contributed by atoms with Gasteiger partial charge in [0.1, 0.15) is 11.5 Å². The molecule has 3 N–H and O–H groups in total. The van der Waals surface area contributed by atoms with Gasteiger partial charge in [0.2, 0.25) is 0 Å². The third kappa shape index (κ3) is 3.96. The van der Waals surface area contributed by atoms with Crippen molar-refractivity contribution < 1.29 is 14.6 Å². The Kier molecular flexibility index (Phi) is 6.34. The van der Waals surface area contributed by atoms with E-state index in [0.717, 1.165) is 26.2 Å². The van der Waals surface area contributed by atoms with Crippen molar-refractivity contribution >= 4 is 12.4 Å². The number of halogens is 2. The fourth-order valence-corrected chi connectivity index (χ4v) is 2.44. The van der Waals surface area contributed by atoms with Crippen LogP contribution >= 0.6 is 12.4 Å². The van der Waals surface area contributed by atoms with Gasteiger partial charge in [0.15, 0.2) is 0 Å². The van der Waals surface area contributed by atoms with E-state index in [1.54, 1.807) is 0 Å². The smallest absolute Gasteiger partial charge is 0.120 e. The van der Waals surface area contributed by atoms with Crippen LogP contribution in [0.4, 0.5) is 4.39 Å². The van der Waals surface area contributed by atoms with Crippen LogP contribution in [-0.4, -0.2) is 48.0 Å². The predicted octanol–water partition coefficient (Wildman–Crippen LogP) is 1.83. The summed E-state index contributed by atoms with van der Waals surface area (Å²) < 4.78 is 12.7. The number of hydrogen-bond donors (Lipinski definition) is 3. The Morgan fingerprint density at radius 1 is 1.26 bits per heavy atom. The fourth-order valence-electron chi connectivity index (χ4n) is 2.44. The van der Waals surface area contributed by atoms with Crippen molar-refractivity contribution in [2.45, 2.75) is 12.5 Å². The number of benzene rings is 1. The Morgan fingerprint density at radius 3 is 2.58 bits per heavy atom. The summed E-state index contributed by atoms with van der Waals surface area (Å²) in [5, 5.41) is 22.6. The number of alkyl halides is 1. The highest BCUT2D eigenvalue weighted by atomic mass is 35.5. The van der Waals surface area contributed by atoms with Crippen molar-refractivity contribution in [2.24, 2.45) is 0 Å². The first-order chi connectivity index (χ1) is 8.72. The second-order valence-electron chi connectivity index (χ2n) is 4.52. The maximum Gasteiger partial charge on any atom is 0.120 e. The Balaban J connectivity index is 0.00000180. The first-order valence-corrected chi connectivity index (χ1v) is 6.25. The number of nitrogens with zero attached hydrogens (tertiary/aromatic N) is 1. The molecule has 1 atom stereocenters. The normalized spacial score (nSPS) is 17.7. The number of nitrogens with one attached hydrogen (secondary N) is 1. The molecule has 0 unspecified atom stereocenters. The first-order valence-electron chi connectivity index (χ1n) is 6.25. The molecule has 6 heteroatoms. The number of hydrogen-bond acceptors (Lipinski definition) is 4. The van der Waals surface area contributed by atoms with Gasteiger partial charge >= 0.3 is 0 Å². The van der Waals surface area contributed by atoms with Crippen LogP contribution in [0.15, 0.2) is 18.2 Å². The van der Waals surface area contributed by atoms with Crippen LogP contribution in [0.5, 0.6) is 11.5 Å². The van der Waals surface area contributed by atoms with Crippen LogP contribution in [0.25, 0.3) is 0 Å². The van der Waals surface area contributed by atoms with Gasteiger partial charge in [-0.15, -0.1) is 12.4 Å². The van der Waals surface area contributed by atoms with Gasteiger partial charge in [0, 0.05) is 37.8 Å². The summed E-state index contributed by atoms with van der Waals surface area (Å²) in [5.74, 6) is 0.214. The van der Waals surface area contributed by atoms with E-state index in [1.165, 1.54) is 18.2 Å². The Hall–Kier alpha value is -1.04. The summed E-state index contributed by atoms with van der Waals surface area (Å²) in [7, 11) is 0. The first kappa shape index (κ1) is 16.0. The molecule has 1 heterocycles. The highest BCUT2D eigenvalue weighted by molar-refractivity contribution is 5.85. The van der Waals surface area contributed by atoms with Crippen molar-refractivity contribution in [1.29, 1.82) is 0 Å². The fraction of sp³-hybridized carbons (Fsp3) is 0.538. The molecule has 0 aromatic heterocycles. The zero-order chi connectivity index (χ0) is 13.0. The van der Waals surface area contributed by atoms with E-state index < -0.39 is 6.67 Å². The van der Waals surface area contributed by atoms with E-state index in [4.69, 9.17) is 0 Å². The van der Waals surface area contributed by atoms with Gasteiger partial charge in [-0.3, -0.25) is 9.29 Å². The summed E-state index contributed by atoms with van der Waals surface area (Å²) in [6.07, 6.45) is 0.330. The van der Waals surface area contributed by atoms with E-state index in [9.17, 15) is 14.6 Å². The van der Waals surface area contributed by atoms with E-state index in [2.05, 4.69) is 10.2 Å². The molecule has 1 aromatic rings. The predicted molar refractivity (Wildman–Crippen MR) is 74.8 cm³/mol. The highest BCUT2D eigenvalue weighted by Gasteiger charge is 2.24. The Morgan fingerprint density at radius 2 is 1.95 bits per heavy atom. The lowest BCUT2D eigenvalue weighted by Crippen LogP contribution is -2.45. The van der Waals surface area contributed by atoms with E-state index in [0.29, 0.717) is 12.0 Å². The van der Waals surface area contributed by atoms with Crippen molar-refractivity contribution in [3.05, 3.63) is 23.8 Å². The van der Waals surface area contributed by atoms with Gasteiger partial charge < -0.3 is 15.5 Å². The summed E-state index contributed by atoms with van der Waals surface area (Å²) in [6.45, 7) is 2.92. The topological polar surface area (TPSA) is 55.7 Å². The standard InChI is InChI=1S/C13H19FN2O2.ClH/c14-4-3-12(16-7-5-15-6-8-16)11-9-10(17)1-2-13(11)18;/h1-2,9,12,15,17-18H,3-8H2;1H/t12-;/m1./s1. The molecule has 1 aromatic carbocycles. The minimum atomic E-state index is -0.441. The van der Waals surface area contributed by atoms with E-state index in [-0.39, 0.29) is 29.9 Å². The second kappa shape index (κ2) is 7.53. The number of piperazine rings is 1. The van der Waals surface area contributed by atoms with Gasteiger partial charge in [-0.2, -0.15) is 0 Å². The summed E-state index contributed by atoms with van der Waals surface area (Å²) in [4.78, 5) is 2.14. The van der Waals surface area contributed by atoms with Crippen LogP contribution in [0.1, 0.15) is 18.0 Å². The zero-order valence-corrected chi connectivity index (χ0v) is 11.5. The number of phenolic OH excluding ortho intramolecular Hbond substituents is 2. The molecular weight excluding hydrogens is 271 g/mol. The lowest BCUT2D eigenvalue weighted by Gasteiger charge is -2.35. The highest BCUT2D eigenvalue weighted by Crippen LogP contribution is 2.33. The monoisotopic (exact) mass is 290 g/mol. The molecule has 0 aliphatic carbocycles. The maximum absolute atomic E-state index is 12.7. The van der Waals surface area contributed by atoms with Crippen molar-refractivity contribution in [3.63, 3.8) is 0 Å². The molecule has 4 nitrogen and oxygen atoms in total. The van der Waals surface area contributed by atoms with Gasteiger partial charge in [-0.1, -0.05) is 0 Å². The molecule has 1 fully saturated rings. The average molecular weight is 291 g/mol. The molecule has 1 saturated heterocycles. The van der Waals surface area contributed by atoms with Crippen molar-refractivity contribution in [2.75, 3.05) is 32.9 Å². The molecule has 1 aliphatic heterocycles. The Bertz CT molecular complexity index is 400. The largest absolute Gasteiger partial charge is 0.508 e. The summed E-state index contributed by atoms with van der Waals surface area (Å²) >= 11 is 0. The molecule has 1 aliphatic rings. The van der Waals surface area contributed by atoms with Crippen LogP contribution in [0.3, 0.4) is 0 Å². The van der Waals surface area contributed by atoms with E-state index >= 15 is 0 Å². The SMILES string of the molecule is Cl.Oc1ccc(O)c([C@@H](CCF)N2CCNCC2)c1. The van der Waals surface area contributed by atoms with E-state index in [1.807, 2.05) is 0 Å². The summed E-state index contributed by atoms with van der Waals surface area (Å²) in [6, 6.07) is 4.24. The quantitative estimate of drug-likeness (QED) is 0.741. The van der Waals surface area contributed by atoms with Gasteiger partial charge in [0.25, 0.3) is 0 Å². The molecule has 0 spiro atoms.